The summed E-state index contributed by atoms with van der Waals surface area (Å²) in [7, 11) is 5.81. The van der Waals surface area contributed by atoms with Crippen LogP contribution in [0.4, 0.5) is 17.1 Å². The second-order valence-corrected chi connectivity index (χ2v) is 7.04. The van der Waals surface area contributed by atoms with Gasteiger partial charge in [-0.15, -0.1) is 0 Å². The van der Waals surface area contributed by atoms with Crippen molar-refractivity contribution >= 4 is 28.9 Å². The molecule has 0 spiro atoms. The predicted molar refractivity (Wildman–Crippen MR) is 128 cm³/mol. The molecule has 2 amide bonds. The van der Waals surface area contributed by atoms with Crippen LogP contribution in [0.3, 0.4) is 0 Å². The molecule has 0 aromatic heterocycles. The van der Waals surface area contributed by atoms with Crippen LogP contribution in [-0.2, 0) is 0 Å². The molecular weight excluding hydrogens is 458 g/mol. The summed E-state index contributed by atoms with van der Waals surface area (Å²) < 4.78 is 20.7. The van der Waals surface area contributed by atoms with Gasteiger partial charge in [-0.3, -0.25) is 19.7 Å². The van der Waals surface area contributed by atoms with Gasteiger partial charge in [-0.2, -0.15) is 0 Å². The van der Waals surface area contributed by atoms with Gasteiger partial charge in [0, 0.05) is 22.9 Å². The zero-order valence-corrected chi connectivity index (χ0v) is 19.4. The van der Waals surface area contributed by atoms with Gasteiger partial charge in [-0.1, -0.05) is 0 Å². The van der Waals surface area contributed by atoms with E-state index in [9.17, 15) is 19.7 Å². The number of nitrogens with zero attached hydrogens (tertiary/aromatic N) is 1. The van der Waals surface area contributed by atoms with Crippen molar-refractivity contribution in [3.8, 4) is 23.0 Å². The van der Waals surface area contributed by atoms with Crippen molar-refractivity contribution < 1.29 is 33.5 Å². The first kappa shape index (κ1) is 24.8. The first-order chi connectivity index (χ1) is 16.8. The number of hydrogen-bond donors (Lipinski definition) is 2. The van der Waals surface area contributed by atoms with Gasteiger partial charge in [0.05, 0.1) is 33.4 Å². The highest BCUT2D eigenvalue weighted by atomic mass is 16.6. The van der Waals surface area contributed by atoms with Crippen molar-refractivity contribution in [2.75, 3.05) is 39.1 Å². The molecule has 0 bridgehead atoms. The predicted octanol–water partition coefficient (Wildman–Crippen LogP) is 4.13. The number of ether oxygens (including phenoxy) is 4. The molecule has 0 fully saturated rings. The Bertz CT molecular complexity index is 1280. The molecule has 35 heavy (non-hydrogen) atoms. The van der Waals surface area contributed by atoms with Crippen LogP contribution < -0.4 is 29.6 Å². The largest absolute Gasteiger partial charge is 0.493 e. The van der Waals surface area contributed by atoms with Crippen molar-refractivity contribution in [1.29, 1.82) is 0 Å². The number of nitro groups is 1. The van der Waals surface area contributed by atoms with Gasteiger partial charge in [0.1, 0.15) is 5.69 Å². The fraction of sp³-hybridized carbons (Fsp3) is 0.167. The molecular formula is C24H23N3O8. The van der Waals surface area contributed by atoms with Crippen LogP contribution >= 0.6 is 0 Å². The third-order valence-corrected chi connectivity index (χ3v) is 4.99. The lowest BCUT2D eigenvalue weighted by Gasteiger charge is -2.12. The minimum Gasteiger partial charge on any atom is -0.493 e. The van der Waals surface area contributed by atoms with Gasteiger partial charge in [0.2, 0.25) is 0 Å². The normalized spacial score (nSPS) is 10.2. The third-order valence-electron chi connectivity index (χ3n) is 4.99. The number of benzene rings is 3. The van der Waals surface area contributed by atoms with E-state index in [1.807, 2.05) is 0 Å². The lowest BCUT2D eigenvalue weighted by Crippen LogP contribution is -2.15. The second kappa shape index (κ2) is 10.9. The van der Waals surface area contributed by atoms with Crippen molar-refractivity contribution in [2.45, 2.75) is 0 Å². The minimum atomic E-state index is -0.635. The monoisotopic (exact) mass is 481 g/mol. The molecule has 0 heterocycles. The van der Waals surface area contributed by atoms with Crippen LogP contribution in [0.5, 0.6) is 23.0 Å². The molecule has 0 unspecified atom stereocenters. The van der Waals surface area contributed by atoms with Crippen LogP contribution in [0.1, 0.15) is 20.7 Å². The molecule has 0 saturated heterocycles. The van der Waals surface area contributed by atoms with E-state index in [0.29, 0.717) is 23.0 Å². The Labute approximate surface area is 200 Å². The summed E-state index contributed by atoms with van der Waals surface area (Å²) in [6.45, 7) is 0. The fourth-order valence-corrected chi connectivity index (χ4v) is 3.23. The lowest BCUT2D eigenvalue weighted by molar-refractivity contribution is -0.383. The zero-order valence-electron chi connectivity index (χ0n) is 19.4. The average Bonchev–Trinajstić information content (AvgIpc) is 2.87. The fourth-order valence-electron chi connectivity index (χ4n) is 3.23. The van der Waals surface area contributed by atoms with E-state index in [-0.39, 0.29) is 28.2 Å². The zero-order chi connectivity index (χ0) is 25.5. The van der Waals surface area contributed by atoms with Gasteiger partial charge in [0.25, 0.3) is 17.5 Å². The smallest absolute Gasteiger partial charge is 0.292 e. The standard InChI is InChI=1S/C24H23N3O8/c1-32-19-9-5-14(11-21(19)34-3)23(28)25-16-7-8-18(27(30)31)17(13-16)26-24(29)15-6-10-20(33-2)22(12-15)35-4/h5-13H,1-4H3,(H,25,28)(H,26,29). The summed E-state index contributed by atoms with van der Waals surface area (Å²) in [6, 6.07) is 13.0. The number of amides is 2. The molecule has 3 rings (SSSR count). The maximum absolute atomic E-state index is 12.8. The number of anilines is 2. The van der Waals surface area contributed by atoms with E-state index in [4.69, 9.17) is 18.9 Å². The molecule has 0 atom stereocenters. The first-order valence-electron chi connectivity index (χ1n) is 10.2. The van der Waals surface area contributed by atoms with Gasteiger partial charge in [0.15, 0.2) is 23.0 Å². The molecule has 0 radical (unpaired) electrons. The SMILES string of the molecule is COc1ccc(C(=O)Nc2ccc([N+](=O)[O-])c(NC(=O)c3ccc(OC)c(OC)c3)c2)cc1OC. The number of carbonyl (C=O) groups excluding carboxylic acids is 2. The van der Waals surface area contributed by atoms with E-state index >= 15 is 0 Å². The highest BCUT2D eigenvalue weighted by Crippen LogP contribution is 2.32. The molecule has 0 saturated carbocycles. The highest BCUT2D eigenvalue weighted by molar-refractivity contribution is 6.07. The number of carbonyl (C=O) groups is 2. The van der Waals surface area contributed by atoms with E-state index in [2.05, 4.69) is 10.6 Å². The molecule has 0 aliphatic heterocycles. The number of methoxy groups -OCH3 is 4. The maximum Gasteiger partial charge on any atom is 0.292 e. The Balaban J connectivity index is 1.87. The Hall–Kier alpha value is -4.80. The van der Waals surface area contributed by atoms with Gasteiger partial charge >= 0.3 is 0 Å². The van der Waals surface area contributed by atoms with Crippen molar-refractivity contribution in [3.63, 3.8) is 0 Å². The van der Waals surface area contributed by atoms with Crippen molar-refractivity contribution in [1.82, 2.24) is 0 Å². The summed E-state index contributed by atoms with van der Waals surface area (Å²) in [6.07, 6.45) is 0. The Morgan fingerprint density at radius 1 is 0.686 bits per heavy atom. The summed E-state index contributed by atoms with van der Waals surface area (Å²) in [5.41, 5.74) is 0.259. The second-order valence-electron chi connectivity index (χ2n) is 7.04. The van der Waals surface area contributed by atoms with Crippen LogP contribution in [0.2, 0.25) is 0 Å². The molecule has 11 nitrogen and oxygen atoms in total. The number of rotatable bonds is 9. The van der Waals surface area contributed by atoms with Crippen LogP contribution in [-0.4, -0.2) is 45.2 Å². The van der Waals surface area contributed by atoms with Crippen molar-refractivity contribution in [3.05, 3.63) is 75.8 Å². The first-order valence-corrected chi connectivity index (χ1v) is 10.2. The van der Waals surface area contributed by atoms with E-state index < -0.39 is 16.7 Å². The van der Waals surface area contributed by atoms with Crippen LogP contribution in [0, 0.1) is 10.1 Å². The summed E-state index contributed by atoms with van der Waals surface area (Å²) >= 11 is 0. The van der Waals surface area contributed by atoms with Gasteiger partial charge in [-0.05, 0) is 48.5 Å². The van der Waals surface area contributed by atoms with E-state index in [0.717, 1.165) is 0 Å². The molecule has 3 aromatic rings. The topological polar surface area (TPSA) is 138 Å². The van der Waals surface area contributed by atoms with Gasteiger partial charge < -0.3 is 29.6 Å². The number of hydrogen-bond acceptors (Lipinski definition) is 8. The highest BCUT2D eigenvalue weighted by Gasteiger charge is 2.20. The van der Waals surface area contributed by atoms with E-state index in [1.54, 1.807) is 18.2 Å². The summed E-state index contributed by atoms with van der Waals surface area (Å²) in [4.78, 5) is 36.4. The summed E-state index contributed by atoms with van der Waals surface area (Å²) in [5.74, 6) is 0.473. The van der Waals surface area contributed by atoms with Crippen molar-refractivity contribution in [2.24, 2.45) is 0 Å². The lowest BCUT2D eigenvalue weighted by atomic mass is 10.1. The molecule has 0 aliphatic rings. The maximum atomic E-state index is 12.8. The van der Waals surface area contributed by atoms with Gasteiger partial charge in [-0.25, -0.2) is 0 Å². The Morgan fingerprint density at radius 3 is 1.63 bits per heavy atom. The third kappa shape index (κ3) is 5.58. The Kier molecular flexibility index (Phi) is 7.72. The molecule has 0 aliphatic carbocycles. The molecule has 2 N–H and O–H groups in total. The molecule has 11 heteroatoms. The van der Waals surface area contributed by atoms with E-state index in [1.165, 1.54) is 64.8 Å². The Morgan fingerprint density at radius 2 is 1.17 bits per heavy atom. The average molecular weight is 481 g/mol. The van der Waals surface area contributed by atoms with Crippen LogP contribution in [0.15, 0.2) is 54.6 Å². The van der Waals surface area contributed by atoms with Crippen LogP contribution in [0.25, 0.3) is 0 Å². The minimum absolute atomic E-state index is 0.0973. The molecule has 3 aromatic carbocycles. The number of nitro benzene ring substituents is 1. The quantitative estimate of drug-likeness (QED) is 0.344. The number of nitrogens with one attached hydrogen (secondary N) is 2. The molecule has 182 valence electrons. The summed E-state index contributed by atoms with van der Waals surface area (Å²) in [5, 5.41) is 16.7.